The summed E-state index contributed by atoms with van der Waals surface area (Å²) in [6, 6.07) is 15.9. The van der Waals surface area contributed by atoms with Crippen LogP contribution < -0.4 is 15.5 Å². The van der Waals surface area contributed by atoms with Gasteiger partial charge in [-0.2, -0.15) is 0 Å². The maximum absolute atomic E-state index is 12.3. The number of hydrogen-bond donors (Lipinski definition) is 2. The maximum Gasteiger partial charge on any atom is 0.315 e. The molecule has 1 fully saturated rings. The molecule has 1 saturated heterocycles. The first-order valence-electron chi connectivity index (χ1n) is 9.49. The van der Waals surface area contributed by atoms with Crippen molar-refractivity contribution in [3.63, 3.8) is 0 Å². The minimum atomic E-state index is -0.206. The molecule has 5 heteroatoms. The summed E-state index contributed by atoms with van der Waals surface area (Å²) in [7, 11) is 0. The molecule has 2 aromatic rings. The Morgan fingerprint density at radius 3 is 2.63 bits per heavy atom. The minimum absolute atomic E-state index is 0.0487. The van der Waals surface area contributed by atoms with Crippen LogP contribution in [0.15, 0.2) is 48.5 Å². The number of nitrogens with zero attached hydrogens (tertiary/aromatic N) is 1. The van der Waals surface area contributed by atoms with Crippen molar-refractivity contribution < 1.29 is 9.59 Å². The highest BCUT2D eigenvalue weighted by Gasteiger charge is 2.31. The molecule has 0 aliphatic carbocycles. The lowest BCUT2D eigenvalue weighted by Gasteiger charge is -2.18. The monoisotopic (exact) mass is 365 g/mol. The second-order valence-corrected chi connectivity index (χ2v) is 7.16. The first-order chi connectivity index (χ1) is 13.0. The molecule has 2 N–H and O–H groups in total. The number of anilines is 1. The lowest BCUT2D eigenvalue weighted by Crippen LogP contribution is -2.43. The number of hydrogen-bond acceptors (Lipinski definition) is 2. The fourth-order valence-electron chi connectivity index (χ4n) is 3.32. The molecular weight excluding hydrogens is 338 g/mol. The molecule has 2 aromatic carbocycles. The Kier molecular flexibility index (Phi) is 6.12. The smallest absolute Gasteiger partial charge is 0.315 e. The van der Waals surface area contributed by atoms with Gasteiger partial charge in [0, 0.05) is 25.2 Å². The van der Waals surface area contributed by atoms with E-state index in [0.717, 1.165) is 24.1 Å². The predicted octanol–water partition coefficient (Wildman–Crippen LogP) is 3.34. The molecule has 5 nitrogen and oxygen atoms in total. The molecule has 0 bridgehead atoms. The van der Waals surface area contributed by atoms with Crippen LogP contribution in [0.1, 0.15) is 29.5 Å². The van der Waals surface area contributed by atoms with Crippen LogP contribution in [0.3, 0.4) is 0 Å². The van der Waals surface area contributed by atoms with Crippen LogP contribution >= 0.6 is 0 Å². The van der Waals surface area contributed by atoms with Crippen molar-refractivity contribution in [1.29, 1.82) is 0 Å². The quantitative estimate of drug-likeness (QED) is 0.771. The molecule has 0 aromatic heterocycles. The summed E-state index contributed by atoms with van der Waals surface area (Å²) in [4.78, 5) is 26.2. The average molecular weight is 365 g/mol. The third-order valence-corrected chi connectivity index (χ3v) is 5.03. The molecule has 27 heavy (non-hydrogen) atoms. The van der Waals surface area contributed by atoms with Gasteiger partial charge in [0.25, 0.3) is 0 Å². The molecule has 3 rings (SSSR count). The Morgan fingerprint density at radius 1 is 1.11 bits per heavy atom. The number of nitrogens with one attached hydrogen (secondary N) is 2. The largest absolute Gasteiger partial charge is 0.338 e. The third kappa shape index (κ3) is 5.09. The second-order valence-electron chi connectivity index (χ2n) is 7.16. The van der Waals surface area contributed by atoms with Gasteiger partial charge < -0.3 is 15.5 Å². The van der Waals surface area contributed by atoms with E-state index in [4.69, 9.17) is 0 Å². The van der Waals surface area contributed by atoms with Crippen molar-refractivity contribution in [2.45, 2.75) is 39.2 Å². The van der Waals surface area contributed by atoms with Gasteiger partial charge in [-0.3, -0.25) is 4.79 Å². The van der Waals surface area contributed by atoms with Crippen LogP contribution in [-0.4, -0.2) is 31.1 Å². The van der Waals surface area contributed by atoms with E-state index in [9.17, 15) is 9.59 Å². The first kappa shape index (κ1) is 19.0. The molecule has 3 amide bonds. The van der Waals surface area contributed by atoms with Gasteiger partial charge in [0.2, 0.25) is 5.91 Å². The number of carbonyl (C=O) groups excluding carboxylic acids is 2. The van der Waals surface area contributed by atoms with Crippen LogP contribution in [-0.2, 0) is 11.2 Å². The third-order valence-electron chi connectivity index (χ3n) is 5.03. The van der Waals surface area contributed by atoms with E-state index in [1.165, 1.54) is 11.1 Å². The minimum Gasteiger partial charge on any atom is -0.338 e. The second kappa shape index (κ2) is 8.71. The molecule has 142 valence electrons. The summed E-state index contributed by atoms with van der Waals surface area (Å²) in [5.41, 5.74) is 4.53. The Morgan fingerprint density at radius 2 is 1.89 bits per heavy atom. The molecule has 0 spiro atoms. The van der Waals surface area contributed by atoms with E-state index < -0.39 is 0 Å². The summed E-state index contributed by atoms with van der Waals surface area (Å²) in [6.07, 6.45) is 2.16. The Balaban J connectivity index is 1.43. The maximum atomic E-state index is 12.3. The Hall–Kier alpha value is -2.82. The first-order valence-corrected chi connectivity index (χ1v) is 9.49. The number of urea groups is 1. The topological polar surface area (TPSA) is 61.4 Å². The van der Waals surface area contributed by atoms with Crippen LogP contribution in [0.2, 0.25) is 0 Å². The Bertz CT molecular complexity index is 804. The summed E-state index contributed by atoms with van der Waals surface area (Å²) < 4.78 is 0. The van der Waals surface area contributed by atoms with Crippen molar-refractivity contribution in [3.8, 4) is 0 Å². The van der Waals surface area contributed by atoms with E-state index in [0.29, 0.717) is 19.5 Å². The molecule has 1 heterocycles. The zero-order chi connectivity index (χ0) is 19.2. The number of rotatable bonds is 6. The number of amides is 3. The van der Waals surface area contributed by atoms with Crippen molar-refractivity contribution in [1.82, 2.24) is 10.6 Å². The molecule has 1 atom stereocenters. The van der Waals surface area contributed by atoms with E-state index in [2.05, 4.69) is 29.7 Å². The van der Waals surface area contributed by atoms with Crippen molar-refractivity contribution in [2.24, 2.45) is 0 Å². The van der Waals surface area contributed by atoms with E-state index in [-0.39, 0.29) is 18.0 Å². The normalized spacial score (nSPS) is 16.4. The van der Waals surface area contributed by atoms with Gasteiger partial charge in [0.1, 0.15) is 0 Å². The van der Waals surface area contributed by atoms with Gasteiger partial charge in [0.15, 0.2) is 0 Å². The van der Waals surface area contributed by atoms with E-state index >= 15 is 0 Å². The summed E-state index contributed by atoms with van der Waals surface area (Å²) >= 11 is 0. The summed E-state index contributed by atoms with van der Waals surface area (Å²) in [6.45, 7) is 5.22. The molecule has 1 aliphatic heterocycles. The summed E-state index contributed by atoms with van der Waals surface area (Å²) in [5, 5.41) is 5.81. The molecule has 1 aliphatic rings. The van der Waals surface area contributed by atoms with Crippen molar-refractivity contribution >= 4 is 17.6 Å². The zero-order valence-corrected chi connectivity index (χ0v) is 16.0. The van der Waals surface area contributed by atoms with Crippen LogP contribution in [0.4, 0.5) is 10.5 Å². The molecular formula is C22H27N3O2. The van der Waals surface area contributed by atoms with Gasteiger partial charge in [-0.1, -0.05) is 36.4 Å². The van der Waals surface area contributed by atoms with E-state index in [1.807, 2.05) is 43.3 Å². The molecule has 0 saturated carbocycles. The van der Waals surface area contributed by atoms with Crippen LogP contribution in [0.5, 0.6) is 0 Å². The summed E-state index contributed by atoms with van der Waals surface area (Å²) in [5.74, 6) is 0.0487. The standard InChI is InChI=1S/C22H27N3O2/c1-16-10-11-20(13-17(16)2)25-15-19(14-21(25)26)24-22(27)23-12-6-9-18-7-4-3-5-8-18/h3-5,7-8,10-11,13,19H,6,9,12,14-15H2,1-2H3,(H2,23,24,27)/t19-/m1/s1. The number of aryl methyl sites for hydroxylation is 3. The lowest BCUT2D eigenvalue weighted by molar-refractivity contribution is -0.117. The molecule has 0 radical (unpaired) electrons. The highest BCUT2D eigenvalue weighted by Crippen LogP contribution is 2.24. The van der Waals surface area contributed by atoms with Crippen LogP contribution in [0, 0.1) is 13.8 Å². The van der Waals surface area contributed by atoms with Crippen LogP contribution in [0.25, 0.3) is 0 Å². The predicted molar refractivity (Wildman–Crippen MR) is 108 cm³/mol. The fourth-order valence-corrected chi connectivity index (χ4v) is 3.32. The van der Waals surface area contributed by atoms with Gasteiger partial charge >= 0.3 is 6.03 Å². The average Bonchev–Trinajstić information content (AvgIpc) is 3.02. The van der Waals surface area contributed by atoms with Gasteiger partial charge in [-0.05, 0) is 55.5 Å². The van der Waals surface area contributed by atoms with Gasteiger partial charge in [-0.25, -0.2) is 4.79 Å². The van der Waals surface area contributed by atoms with Crippen molar-refractivity contribution in [2.75, 3.05) is 18.0 Å². The van der Waals surface area contributed by atoms with E-state index in [1.54, 1.807) is 4.90 Å². The molecule has 0 unspecified atom stereocenters. The SMILES string of the molecule is Cc1ccc(N2C[C@H](NC(=O)NCCCc3ccccc3)CC2=O)cc1C. The highest BCUT2D eigenvalue weighted by atomic mass is 16.2. The zero-order valence-electron chi connectivity index (χ0n) is 16.0. The Labute approximate surface area is 160 Å². The van der Waals surface area contributed by atoms with Gasteiger partial charge in [0.05, 0.1) is 6.04 Å². The van der Waals surface area contributed by atoms with Gasteiger partial charge in [-0.15, -0.1) is 0 Å². The van der Waals surface area contributed by atoms with Crippen molar-refractivity contribution in [3.05, 3.63) is 65.2 Å². The lowest BCUT2D eigenvalue weighted by atomic mass is 10.1. The fraction of sp³-hybridized carbons (Fsp3) is 0.364. The number of carbonyl (C=O) groups is 2. The number of benzene rings is 2. The highest BCUT2D eigenvalue weighted by molar-refractivity contribution is 5.96.